The molecule has 122 valence electrons. The molecule has 0 aromatic rings. The fourth-order valence-electron chi connectivity index (χ4n) is 7.18. The summed E-state index contributed by atoms with van der Waals surface area (Å²) < 4.78 is 0. The zero-order valence-corrected chi connectivity index (χ0v) is 14.4. The maximum absolute atomic E-state index is 12.4. The molecule has 0 spiro atoms. The molecule has 0 aromatic heterocycles. The zero-order chi connectivity index (χ0) is 15.7. The summed E-state index contributed by atoms with van der Waals surface area (Å²) in [6, 6.07) is 0. The van der Waals surface area contributed by atoms with Crippen molar-refractivity contribution in [3.8, 4) is 0 Å². The molecule has 2 unspecified atom stereocenters. The number of hydrogen-bond donors (Lipinski definition) is 0. The van der Waals surface area contributed by atoms with Crippen LogP contribution in [0.1, 0.15) is 72.1 Å². The van der Waals surface area contributed by atoms with Gasteiger partial charge in [-0.25, -0.2) is 0 Å². The van der Waals surface area contributed by atoms with Gasteiger partial charge >= 0.3 is 0 Å². The minimum Gasteiger partial charge on any atom is -0.299 e. The molecule has 0 aliphatic heterocycles. The third-order valence-corrected chi connectivity index (χ3v) is 8.52. The lowest BCUT2D eigenvalue weighted by molar-refractivity contribution is -0.149. The van der Waals surface area contributed by atoms with E-state index >= 15 is 0 Å². The highest BCUT2D eigenvalue weighted by Crippen LogP contribution is 2.65. The van der Waals surface area contributed by atoms with Gasteiger partial charge in [0.1, 0.15) is 11.6 Å². The van der Waals surface area contributed by atoms with Crippen molar-refractivity contribution >= 4 is 11.6 Å². The molecule has 0 heterocycles. The van der Waals surface area contributed by atoms with E-state index in [1.807, 2.05) is 0 Å². The van der Waals surface area contributed by atoms with E-state index in [1.54, 1.807) is 0 Å². The van der Waals surface area contributed by atoms with Crippen molar-refractivity contribution in [2.45, 2.75) is 72.1 Å². The van der Waals surface area contributed by atoms with Crippen LogP contribution in [0.3, 0.4) is 0 Å². The van der Waals surface area contributed by atoms with Gasteiger partial charge in [-0.05, 0) is 67.6 Å². The van der Waals surface area contributed by atoms with E-state index in [-0.39, 0.29) is 11.3 Å². The predicted octanol–water partition coefficient (Wildman–Crippen LogP) is 4.41. The van der Waals surface area contributed by atoms with Crippen LogP contribution in [0, 0.1) is 40.4 Å². The molecule has 4 aliphatic carbocycles. The van der Waals surface area contributed by atoms with Crippen LogP contribution in [-0.4, -0.2) is 11.6 Å². The number of carbonyl (C=O) groups excluding carboxylic acids is 2. The third kappa shape index (κ3) is 1.79. The summed E-state index contributed by atoms with van der Waals surface area (Å²) in [5.74, 6) is 4.02. The Morgan fingerprint density at radius 1 is 1.00 bits per heavy atom. The van der Waals surface area contributed by atoms with Crippen LogP contribution < -0.4 is 0 Å². The lowest BCUT2D eigenvalue weighted by atomic mass is 9.44. The standard InChI is InChI=1S/C20H30O2/c1-12-11-20(3)13(10-17(12)21)4-5-14-15-6-7-18(22)19(15,2)9-8-16(14)20/h12-16H,4-11H2,1-3H3/t12?,13?,14-,15-,16+,19-,20-/m0/s1. The van der Waals surface area contributed by atoms with E-state index in [2.05, 4.69) is 20.8 Å². The van der Waals surface area contributed by atoms with Gasteiger partial charge in [0.25, 0.3) is 0 Å². The van der Waals surface area contributed by atoms with Crippen LogP contribution in [0.25, 0.3) is 0 Å². The van der Waals surface area contributed by atoms with Crippen LogP contribution in [0.4, 0.5) is 0 Å². The Bertz CT molecular complexity index is 524. The monoisotopic (exact) mass is 302 g/mol. The van der Waals surface area contributed by atoms with Crippen molar-refractivity contribution in [2.24, 2.45) is 40.4 Å². The molecule has 2 heteroatoms. The highest BCUT2D eigenvalue weighted by molar-refractivity contribution is 5.87. The average molecular weight is 302 g/mol. The average Bonchev–Trinajstić information content (AvgIpc) is 2.77. The van der Waals surface area contributed by atoms with Crippen molar-refractivity contribution < 1.29 is 9.59 Å². The van der Waals surface area contributed by atoms with Crippen LogP contribution >= 0.6 is 0 Å². The Morgan fingerprint density at radius 2 is 1.77 bits per heavy atom. The molecule has 0 saturated heterocycles. The first kappa shape index (κ1) is 14.9. The highest BCUT2D eigenvalue weighted by Gasteiger charge is 2.60. The van der Waals surface area contributed by atoms with Crippen LogP contribution in [0.2, 0.25) is 0 Å². The van der Waals surface area contributed by atoms with Crippen LogP contribution in [0.5, 0.6) is 0 Å². The zero-order valence-electron chi connectivity index (χ0n) is 14.4. The minimum atomic E-state index is -0.0134. The largest absolute Gasteiger partial charge is 0.299 e. The maximum Gasteiger partial charge on any atom is 0.139 e. The highest BCUT2D eigenvalue weighted by atomic mass is 16.1. The Balaban J connectivity index is 1.66. The van der Waals surface area contributed by atoms with Crippen molar-refractivity contribution in [1.82, 2.24) is 0 Å². The van der Waals surface area contributed by atoms with Gasteiger partial charge < -0.3 is 0 Å². The fraction of sp³-hybridized carbons (Fsp3) is 0.900. The van der Waals surface area contributed by atoms with Crippen LogP contribution in [0.15, 0.2) is 0 Å². The first-order valence-corrected chi connectivity index (χ1v) is 9.42. The van der Waals surface area contributed by atoms with Gasteiger partial charge in [0, 0.05) is 24.2 Å². The Morgan fingerprint density at radius 3 is 2.55 bits per heavy atom. The van der Waals surface area contributed by atoms with E-state index in [9.17, 15) is 9.59 Å². The van der Waals surface area contributed by atoms with Crippen molar-refractivity contribution in [2.75, 3.05) is 0 Å². The van der Waals surface area contributed by atoms with Gasteiger partial charge in [-0.2, -0.15) is 0 Å². The number of Topliss-reactive ketones (excluding diaryl/α,β-unsaturated/α-hetero) is 2. The molecule has 0 bridgehead atoms. The van der Waals surface area contributed by atoms with E-state index < -0.39 is 0 Å². The second kappa shape index (κ2) is 4.68. The second-order valence-corrected chi connectivity index (χ2v) is 9.35. The normalized spacial score (nSPS) is 54.6. The molecule has 4 rings (SSSR count). The van der Waals surface area contributed by atoms with Gasteiger partial charge in [-0.1, -0.05) is 20.8 Å². The summed E-state index contributed by atoms with van der Waals surface area (Å²) in [7, 11) is 0. The first-order valence-electron chi connectivity index (χ1n) is 9.42. The van der Waals surface area contributed by atoms with Gasteiger partial charge in [0.15, 0.2) is 0 Å². The quantitative estimate of drug-likeness (QED) is 0.664. The third-order valence-electron chi connectivity index (χ3n) is 8.52. The lowest BCUT2D eigenvalue weighted by Gasteiger charge is -2.60. The number of ketones is 2. The molecule has 7 atom stereocenters. The smallest absolute Gasteiger partial charge is 0.139 e. The molecule has 2 nitrogen and oxygen atoms in total. The second-order valence-electron chi connectivity index (χ2n) is 9.35. The number of rotatable bonds is 0. The molecule has 4 fully saturated rings. The summed E-state index contributed by atoms with van der Waals surface area (Å²) in [4.78, 5) is 24.6. The van der Waals surface area contributed by atoms with Crippen molar-refractivity contribution in [3.05, 3.63) is 0 Å². The van der Waals surface area contributed by atoms with Gasteiger partial charge in [0.2, 0.25) is 0 Å². The number of fused-ring (bicyclic) bond motifs is 5. The molecule has 4 aliphatic rings. The van der Waals surface area contributed by atoms with E-state index in [1.165, 1.54) is 19.3 Å². The van der Waals surface area contributed by atoms with Gasteiger partial charge in [0.05, 0.1) is 0 Å². The number of hydrogen-bond acceptors (Lipinski definition) is 2. The Kier molecular flexibility index (Phi) is 3.17. The summed E-state index contributed by atoms with van der Waals surface area (Å²) in [5, 5.41) is 0. The SMILES string of the molecule is CC1C[C@@]2(C)C(CC[C@@H]3[C@H]2CC[C@]2(C)C(=O)CC[C@@H]32)CC1=O. The predicted molar refractivity (Wildman–Crippen MR) is 86.3 cm³/mol. The van der Waals surface area contributed by atoms with Gasteiger partial charge in [-0.15, -0.1) is 0 Å². The van der Waals surface area contributed by atoms with Gasteiger partial charge in [-0.3, -0.25) is 9.59 Å². The van der Waals surface area contributed by atoms with Crippen LogP contribution in [-0.2, 0) is 9.59 Å². The fourth-order valence-corrected chi connectivity index (χ4v) is 7.18. The maximum atomic E-state index is 12.4. The summed E-state index contributed by atoms with van der Waals surface area (Å²) >= 11 is 0. The topological polar surface area (TPSA) is 34.1 Å². The van der Waals surface area contributed by atoms with E-state index in [0.717, 1.165) is 43.9 Å². The van der Waals surface area contributed by atoms with Crippen molar-refractivity contribution in [3.63, 3.8) is 0 Å². The lowest BCUT2D eigenvalue weighted by Crippen LogP contribution is -2.54. The minimum absolute atomic E-state index is 0.0134. The molecule has 0 N–H and O–H groups in total. The molecule has 22 heavy (non-hydrogen) atoms. The Hall–Kier alpha value is -0.660. The molecule has 0 aromatic carbocycles. The molecule has 4 saturated carbocycles. The molecular formula is C20H30O2. The first-order chi connectivity index (χ1) is 10.4. The van der Waals surface area contributed by atoms with Crippen molar-refractivity contribution in [1.29, 1.82) is 0 Å². The van der Waals surface area contributed by atoms with E-state index in [4.69, 9.17) is 0 Å². The Labute approximate surface area is 134 Å². The molecule has 0 amide bonds. The summed E-state index contributed by atoms with van der Waals surface area (Å²) in [5.41, 5.74) is 0.337. The summed E-state index contributed by atoms with van der Waals surface area (Å²) in [6.45, 7) is 6.88. The summed E-state index contributed by atoms with van der Waals surface area (Å²) in [6.07, 6.45) is 8.67. The number of carbonyl (C=O) groups is 2. The molecule has 0 radical (unpaired) electrons. The molecular weight excluding hydrogens is 272 g/mol. The van der Waals surface area contributed by atoms with E-state index in [0.29, 0.717) is 28.8 Å².